The lowest BCUT2D eigenvalue weighted by atomic mass is 9.94. The Labute approximate surface area is 88.0 Å². The minimum absolute atomic E-state index is 0.179. The van der Waals surface area contributed by atoms with Gasteiger partial charge in [-0.15, -0.1) is 0 Å². The van der Waals surface area contributed by atoms with Crippen molar-refractivity contribution in [3.63, 3.8) is 0 Å². The molecule has 1 amide bonds. The third-order valence-corrected chi connectivity index (χ3v) is 2.56. The molecule has 0 saturated heterocycles. The van der Waals surface area contributed by atoms with E-state index >= 15 is 0 Å². The number of hydrogen-bond donors (Lipinski definition) is 2. The molecule has 1 aliphatic carbocycles. The molecule has 0 spiro atoms. The number of H-pyrrole nitrogens is 1. The van der Waals surface area contributed by atoms with Crippen molar-refractivity contribution >= 4 is 5.91 Å². The Balaban J connectivity index is 1.78. The van der Waals surface area contributed by atoms with Crippen molar-refractivity contribution in [2.45, 2.75) is 19.3 Å². The van der Waals surface area contributed by atoms with Gasteiger partial charge in [0.05, 0.1) is 0 Å². The summed E-state index contributed by atoms with van der Waals surface area (Å²) >= 11 is 0. The molecule has 1 unspecified atom stereocenters. The third kappa shape index (κ3) is 2.65. The summed E-state index contributed by atoms with van der Waals surface area (Å²) in [5.74, 6) is 0.658. The van der Waals surface area contributed by atoms with Crippen molar-refractivity contribution in [3.05, 3.63) is 24.3 Å². The van der Waals surface area contributed by atoms with E-state index in [9.17, 15) is 4.79 Å². The zero-order valence-electron chi connectivity index (χ0n) is 8.44. The van der Waals surface area contributed by atoms with Crippen LogP contribution >= 0.6 is 0 Å². The van der Waals surface area contributed by atoms with Crippen LogP contribution in [-0.2, 0) is 0 Å². The number of rotatable bonds is 3. The van der Waals surface area contributed by atoms with E-state index in [1.54, 1.807) is 0 Å². The molecule has 2 rings (SSSR count). The topological polar surface area (TPSA) is 70.7 Å². The van der Waals surface area contributed by atoms with Gasteiger partial charge in [0.25, 0.3) is 5.91 Å². The van der Waals surface area contributed by atoms with Gasteiger partial charge < -0.3 is 5.32 Å². The molecule has 1 atom stereocenters. The smallest absolute Gasteiger partial charge is 0.288 e. The van der Waals surface area contributed by atoms with Crippen molar-refractivity contribution < 1.29 is 4.79 Å². The molecule has 5 nitrogen and oxygen atoms in total. The fourth-order valence-corrected chi connectivity index (χ4v) is 1.68. The van der Waals surface area contributed by atoms with E-state index in [0.717, 1.165) is 19.3 Å². The fourth-order valence-electron chi connectivity index (χ4n) is 1.68. The summed E-state index contributed by atoms with van der Waals surface area (Å²) in [6.07, 6.45) is 9.01. The van der Waals surface area contributed by atoms with Gasteiger partial charge in [0.1, 0.15) is 6.33 Å². The number of nitrogens with zero attached hydrogens (tertiary/aromatic N) is 2. The highest BCUT2D eigenvalue weighted by Gasteiger charge is 2.13. The summed E-state index contributed by atoms with van der Waals surface area (Å²) in [7, 11) is 0. The largest absolute Gasteiger partial charge is 0.349 e. The quantitative estimate of drug-likeness (QED) is 0.721. The molecular formula is C10H14N4O. The van der Waals surface area contributed by atoms with Crippen molar-refractivity contribution in [3.8, 4) is 0 Å². The Morgan fingerprint density at radius 1 is 1.60 bits per heavy atom. The lowest BCUT2D eigenvalue weighted by Gasteiger charge is -2.17. The number of allylic oxidation sites excluding steroid dienone is 2. The normalized spacial score (nSPS) is 20.1. The second-order valence-electron chi connectivity index (χ2n) is 3.69. The van der Waals surface area contributed by atoms with Gasteiger partial charge in [-0.2, -0.15) is 5.10 Å². The highest BCUT2D eigenvalue weighted by Crippen LogP contribution is 2.16. The second kappa shape index (κ2) is 4.72. The molecule has 5 heteroatoms. The maximum Gasteiger partial charge on any atom is 0.288 e. The summed E-state index contributed by atoms with van der Waals surface area (Å²) in [6.45, 7) is 0.712. The van der Waals surface area contributed by atoms with Gasteiger partial charge in [0.2, 0.25) is 5.82 Å². The molecule has 2 N–H and O–H groups in total. The zero-order chi connectivity index (χ0) is 10.5. The lowest BCUT2D eigenvalue weighted by molar-refractivity contribution is 0.0936. The predicted octanol–water partition coefficient (Wildman–Crippen LogP) is 0.891. The van der Waals surface area contributed by atoms with Crippen molar-refractivity contribution in [1.82, 2.24) is 20.5 Å². The zero-order valence-corrected chi connectivity index (χ0v) is 8.44. The third-order valence-electron chi connectivity index (χ3n) is 2.56. The van der Waals surface area contributed by atoms with Crippen LogP contribution < -0.4 is 5.32 Å². The van der Waals surface area contributed by atoms with E-state index in [0.29, 0.717) is 12.5 Å². The van der Waals surface area contributed by atoms with E-state index in [1.165, 1.54) is 6.33 Å². The van der Waals surface area contributed by atoms with E-state index in [-0.39, 0.29) is 11.7 Å². The highest BCUT2D eigenvalue weighted by atomic mass is 16.2. The summed E-state index contributed by atoms with van der Waals surface area (Å²) in [5.41, 5.74) is 0. The van der Waals surface area contributed by atoms with Crippen LogP contribution in [0, 0.1) is 5.92 Å². The van der Waals surface area contributed by atoms with Crippen LogP contribution in [0.4, 0.5) is 0 Å². The molecule has 1 heterocycles. The molecule has 0 aromatic carbocycles. The van der Waals surface area contributed by atoms with Crippen LogP contribution in [-0.4, -0.2) is 27.6 Å². The predicted molar refractivity (Wildman–Crippen MR) is 55.2 cm³/mol. The standard InChI is InChI=1S/C10H14N4O/c15-10(9-12-7-13-14-9)11-6-8-4-2-1-3-5-8/h1-2,7-8H,3-6H2,(H,11,15)(H,12,13,14). The Morgan fingerprint density at radius 2 is 2.53 bits per heavy atom. The van der Waals surface area contributed by atoms with Gasteiger partial charge in [-0.3, -0.25) is 9.89 Å². The highest BCUT2D eigenvalue weighted by molar-refractivity contribution is 5.90. The van der Waals surface area contributed by atoms with E-state index in [4.69, 9.17) is 0 Å². The number of aromatic amines is 1. The van der Waals surface area contributed by atoms with Crippen LogP contribution in [0.15, 0.2) is 18.5 Å². The summed E-state index contributed by atoms with van der Waals surface area (Å²) in [6, 6.07) is 0. The average molecular weight is 206 g/mol. The number of carbonyl (C=O) groups is 1. The van der Waals surface area contributed by atoms with Gasteiger partial charge in [-0.25, -0.2) is 4.98 Å². The molecule has 0 radical (unpaired) electrons. The van der Waals surface area contributed by atoms with E-state index in [2.05, 4.69) is 32.7 Å². The lowest BCUT2D eigenvalue weighted by Crippen LogP contribution is -2.30. The first-order chi connectivity index (χ1) is 7.36. The van der Waals surface area contributed by atoms with Crippen molar-refractivity contribution in [2.75, 3.05) is 6.54 Å². The van der Waals surface area contributed by atoms with Gasteiger partial charge in [-0.1, -0.05) is 12.2 Å². The SMILES string of the molecule is O=C(NCC1CC=CCC1)c1ncn[nH]1. The summed E-state index contributed by atoms with van der Waals surface area (Å²) in [4.78, 5) is 15.3. The molecule has 1 aliphatic rings. The first-order valence-corrected chi connectivity index (χ1v) is 5.15. The van der Waals surface area contributed by atoms with Gasteiger partial charge in [0.15, 0.2) is 0 Å². The van der Waals surface area contributed by atoms with Crippen LogP contribution in [0.3, 0.4) is 0 Å². The molecule has 15 heavy (non-hydrogen) atoms. The summed E-state index contributed by atoms with van der Waals surface area (Å²) < 4.78 is 0. The Hall–Kier alpha value is -1.65. The first-order valence-electron chi connectivity index (χ1n) is 5.15. The monoisotopic (exact) mass is 206 g/mol. The van der Waals surface area contributed by atoms with Crippen LogP contribution in [0.5, 0.6) is 0 Å². The molecule has 0 aliphatic heterocycles. The van der Waals surface area contributed by atoms with E-state index in [1.807, 2.05) is 0 Å². The number of carbonyl (C=O) groups excluding carboxylic acids is 1. The first kappa shape index (κ1) is 9.89. The van der Waals surface area contributed by atoms with Crippen LogP contribution in [0.2, 0.25) is 0 Å². The van der Waals surface area contributed by atoms with Crippen molar-refractivity contribution in [2.24, 2.45) is 5.92 Å². The number of nitrogens with one attached hydrogen (secondary N) is 2. The Morgan fingerprint density at radius 3 is 3.20 bits per heavy atom. The molecular weight excluding hydrogens is 192 g/mol. The molecule has 80 valence electrons. The van der Waals surface area contributed by atoms with Gasteiger partial charge in [-0.05, 0) is 25.2 Å². The van der Waals surface area contributed by atoms with Gasteiger partial charge >= 0.3 is 0 Å². The van der Waals surface area contributed by atoms with Crippen LogP contribution in [0.25, 0.3) is 0 Å². The summed E-state index contributed by atoms with van der Waals surface area (Å²) in [5, 5.41) is 9.02. The average Bonchev–Trinajstić information content (AvgIpc) is 2.81. The molecule has 0 bridgehead atoms. The molecule has 1 aromatic heterocycles. The van der Waals surface area contributed by atoms with Crippen LogP contribution in [0.1, 0.15) is 29.9 Å². The number of aromatic nitrogens is 3. The number of amides is 1. The van der Waals surface area contributed by atoms with Gasteiger partial charge in [0, 0.05) is 6.54 Å². The minimum atomic E-state index is -0.179. The minimum Gasteiger partial charge on any atom is -0.349 e. The molecule has 1 aromatic rings. The van der Waals surface area contributed by atoms with Crippen molar-refractivity contribution in [1.29, 1.82) is 0 Å². The molecule has 0 saturated carbocycles. The fraction of sp³-hybridized carbons (Fsp3) is 0.500. The molecule has 0 fully saturated rings. The second-order valence-corrected chi connectivity index (χ2v) is 3.69. The maximum absolute atomic E-state index is 11.5. The Kier molecular flexibility index (Phi) is 3.11. The number of hydrogen-bond acceptors (Lipinski definition) is 3. The Bertz CT molecular complexity index is 344. The van der Waals surface area contributed by atoms with E-state index < -0.39 is 0 Å². The maximum atomic E-state index is 11.5.